The van der Waals surface area contributed by atoms with Crippen LogP contribution in [-0.2, 0) is 14.8 Å². The van der Waals surface area contributed by atoms with Gasteiger partial charge in [0.15, 0.2) is 0 Å². The second-order valence-electron chi connectivity index (χ2n) is 3.81. The van der Waals surface area contributed by atoms with Crippen LogP contribution >= 0.6 is 0 Å². The van der Waals surface area contributed by atoms with Crippen molar-refractivity contribution in [3.8, 4) is 0 Å². The van der Waals surface area contributed by atoms with Crippen molar-refractivity contribution < 1.29 is 13.2 Å². The summed E-state index contributed by atoms with van der Waals surface area (Å²) in [5.41, 5.74) is 0. The Morgan fingerprint density at radius 3 is 2.87 bits per heavy atom. The molecule has 0 aliphatic carbocycles. The zero-order valence-corrected chi connectivity index (χ0v) is 10.2. The Hall–Kier alpha value is -0.170. The number of sulfonamides is 1. The minimum absolute atomic E-state index is 0.0119. The van der Waals surface area contributed by atoms with E-state index < -0.39 is 10.0 Å². The Kier molecular flexibility index (Phi) is 4.98. The van der Waals surface area contributed by atoms with Crippen LogP contribution in [0.15, 0.2) is 0 Å². The predicted octanol–water partition coefficient (Wildman–Crippen LogP) is -0.354. The van der Waals surface area contributed by atoms with Gasteiger partial charge in [0.25, 0.3) is 0 Å². The van der Waals surface area contributed by atoms with Crippen molar-refractivity contribution in [2.45, 2.75) is 19.4 Å². The first-order chi connectivity index (χ1) is 7.06. The minimum atomic E-state index is -3.08. The molecule has 0 spiro atoms. The van der Waals surface area contributed by atoms with Gasteiger partial charge >= 0.3 is 0 Å². The minimum Gasteiger partial charge on any atom is -0.376 e. The van der Waals surface area contributed by atoms with Crippen molar-refractivity contribution in [3.05, 3.63) is 0 Å². The Bertz CT molecular complexity index is 279. The molecule has 0 aromatic rings. The number of nitrogens with zero attached hydrogens (tertiary/aromatic N) is 1. The van der Waals surface area contributed by atoms with Gasteiger partial charge in [-0.3, -0.25) is 0 Å². The van der Waals surface area contributed by atoms with Crippen molar-refractivity contribution in [2.24, 2.45) is 0 Å². The number of nitrogens with one attached hydrogen (secondary N) is 1. The van der Waals surface area contributed by atoms with Crippen LogP contribution in [0.25, 0.3) is 0 Å². The molecule has 1 unspecified atom stereocenters. The molecule has 1 fully saturated rings. The summed E-state index contributed by atoms with van der Waals surface area (Å²) in [4.78, 5) is 0. The van der Waals surface area contributed by atoms with E-state index in [1.54, 1.807) is 0 Å². The fourth-order valence-corrected chi connectivity index (χ4v) is 3.16. The van der Waals surface area contributed by atoms with Gasteiger partial charge in [-0.15, -0.1) is 0 Å². The van der Waals surface area contributed by atoms with Gasteiger partial charge in [0, 0.05) is 13.1 Å². The number of rotatable bonds is 5. The molecule has 15 heavy (non-hydrogen) atoms. The maximum absolute atomic E-state index is 11.8. The molecule has 1 N–H and O–H groups in total. The lowest BCUT2D eigenvalue weighted by Gasteiger charge is -2.30. The largest absolute Gasteiger partial charge is 0.376 e. The lowest BCUT2D eigenvalue weighted by molar-refractivity contribution is 0.0102. The number of morpholine rings is 1. The quantitative estimate of drug-likeness (QED) is 0.663. The van der Waals surface area contributed by atoms with Gasteiger partial charge in [-0.1, -0.05) is 0 Å². The van der Waals surface area contributed by atoms with E-state index in [2.05, 4.69) is 5.32 Å². The number of hydrogen-bond acceptors (Lipinski definition) is 4. The van der Waals surface area contributed by atoms with Crippen molar-refractivity contribution in [3.63, 3.8) is 0 Å². The van der Waals surface area contributed by atoms with Crippen molar-refractivity contribution in [1.82, 2.24) is 9.62 Å². The predicted molar refractivity (Wildman–Crippen MR) is 59.3 cm³/mol. The summed E-state index contributed by atoms with van der Waals surface area (Å²) in [6.07, 6.45) is 0.669. The summed E-state index contributed by atoms with van der Waals surface area (Å²) in [5.74, 6) is 0.223. The van der Waals surface area contributed by atoms with E-state index >= 15 is 0 Å². The van der Waals surface area contributed by atoms with Crippen LogP contribution in [0, 0.1) is 0 Å². The first-order valence-electron chi connectivity index (χ1n) is 5.30. The standard InChI is InChI=1S/C9H20N2O3S/c1-9-8-11(5-6-14-9)15(12,13)7-3-4-10-2/h9-10H,3-8H2,1-2H3. The maximum Gasteiger partial charge on any atom is 0.214 e. The molecule has 0 aromatic heterocycles. The number of ether oxygens (including phenoxy) is 1. The van der Waals surface area contributed by atoms with Crippen molar-refractivity contribution in [2.75, 3.05) is 39.0 Å². The average Bonchev–Trinajstić information content (AvgIpc) is 2.18. The first-order valence-corrected chi connectivity index (χ1v) is 6.91. The van der Waals surface area contributed by atoms with Gasteiger partial charge in [-0.25, -0.2) is 8.42 Å². The lowest BCUT2D eigenvalue weighted by Crippen LogP contribution is -2.45. The molecule has 1 atom stereocenters. The molecule has 0 amide bonds. The van der Waals surface area contributed by atoms with E-state index in [4.69, 9.17) is 4.74 Å². The molecule has 90 valence electrons. The van der Waals surface area contributed by atoms with Gasteiger partial charge < -0.3 is 10.1 Å². The van der Waals surface area contributed by atoms with E-state index in [-0.39, 0.29) is 11.9 Å². The molecule has 0 radical (unpaired) electrons. The van der Waals surface area contributed by atoms with Crippen molar-refractivity contribution in [1.29, 1.82) is 0 Å². The molecule has 0 aromatic carbocycles. The van der Waals surface area contributed by atoms with Gasteiger partial charge in [0.2, 0.25) is 10.0 Å². The highest BCUT2D eigenvalue weighted by atomic mass is 32.2. The van der Waals surface area contributed by atoms with E-state index in [0.29, 0.717) is 26.1 Å². The third kappa shape index (κ3) is 4.06. The summed E-state index contributed by atoms with van der Waals surface area (Å²) in [6.45, 7) is 4.12. The molecular weight excluding hydrogens is 216 g/mol. The molecule has 1 saturated heterocycles. The second-order valence-corrected chi connectivity index (χ2v) is 5.90. The van der Waals surface area contributed by atoms with Crippen LogP contribution in [0.4, 0.5) is 0 Å². The van der Waals surface area contributed by atoms with Crippen LogP contribution in [0.5, 0.6) is 0 Å². The zero-order valence-electron chi connectivity index (χ0n) is 9.40. The molecule has 5 nitrogen and oxygen atoms in total. The highest BCUT2D eigenvalue weighted by Gasteiger charge is 2.26. The van der Waals surface area contributed by atoms with Gasteiger partial charge in [-0.2, -0.15) is 4.31 Å². The topological polar surface area (TPSA) is 58.6 Å². The molecule has 0 saturated carbocycles. The molecule has 0 bridgehead atoms. The highest BCUT2D eigenvalue weighted by molar-refractivity contribution is 7.89. The zero-order chi connectivity index (χ0) is 11.3. The van der Waals surface area contributed by atoms with E-state index in [9.17, 15) is 8.42 Å². The normalized spacial score (nSPS) is 24.3. The number of hydrogen-bond donors (Lipinski definition) is 1. The fourth-order valence-electron chi connectivity index (χ4n) is 1.60. The summed E-state index contributed by atoms with van der Waals surface area (Å²) in [7, 11) is -1.25. The van der Waals surface area contributed by atoms with Crippen LogP contribution in [0.3, 0.4) is 0 Å². The Morgan fingerprint density at radius 2 is 2.27 bits per heavy atom. The fraction of sp³-hybridized carbons (Fsp3) is 1.00. The van der Waals surface area contributed by atoms with E-state index in [1.165, 1.54) is 4.31 Å². The first kappa shape index (κ1) is 12.9. The SMILES string of the molecule is CNCCCS(=O)(=O)N1CCOC(C)C1. The maximum atomic E-state index is 11.8. The Morgan fingerprint density at radius 1 is 1.53 bits per heavy atom. The van der Waals surface area contributed by atoms with Crippen molar-refractivity contribution >= 4 is 10.0 Å². The smallest absolute Gasteiger partial charge is 0.214 e. The van der Waals surface area contributed by atoms with Gasteiger partial charge in [-0.05, 0) is 26.9 Å². The van der Waals surface area contributed by atoms with Crippen LogP contribution in [0.1, 0.15) is 13.3 Å². The summed E-state index contributed by atoms with van der Waals surface area (Å²) >= 11 is 0. The lowest BCUT2D eigenvalue weighted by atomic mass is 10.3. The molecule has 1 heterocycles. The third-order valence-corrected chi connectivity index (χ3v) is 4.35. The molecular formula is C9H20N2O3S. The Balaban J connectivity index is 2.45. The summed E-state index contributed by atoms with van der Waals surface area (Å²) < 4.78 is 30.5. The molecule has 1 aliphatic heterocycles. The Labute approximate surface area is 91.8 Å². The third-order valence-electron chi connectivity index (χ3n) is 2.43. The summed E-state index contributed by atoms with van der Waals surface area (Å²) in [6, 6.07) is 0. The molecule has 1 rings (SSSR count). The monoisotopic (exact) mass is 236 g/mol. The van der Waals surface area contributed by atoms with Crippen LogP contribution in [0.2, 0.25) is 0 Å². The van der Waals surface area contributed by atoms with Crippen LogP contribution < -0.4 is 5.32 Å². The average molecular weight is 236 g/mol. The van der Waals surface area contributed by atoms with E-state index in [1.807, 2.05) is 14.0 Å². The van der Waals surface area contributed by atoms with E-state index in [0.717, 1.165) is 6.54 Å². The second kappa shape index (κ2) is 5.79. The van der Waals surface area contributed by atoms with Gasteiger partial charge in [0.05, 0.1) is 18.5 Å². The summed E-state index contributed by atoms with van der Waals surface area (Å²) in [5, 5.41) is 2.94. The molecule has 1 aliphatic rings. The molecule has 6 heteroatoms. The highest BCUT2D eigenvalue weighted by Crippen LogP contribution is 2.10. The van der Waals surface area contributed by atoms with Gasteiger partial charge in [0.1, 0.15) is 0 Å². The van der Waals surface area contributed by atoms with Crippen LogP contribution in [-0.4, -0.2) is 57.9 Å².